The standard InChI is InChI=1S/C22H29FN4O.C2HF3O2/c1-16(2)15-27-11-8-20(9-12-27)26(3)21-14-19(7-10-24-21)25-22(28)17-5-4-6-18(23)13-17;3-2(4,5)1(6)7/h4-7,10,13-14,16,20H,8-9,11-12,15H2,1-3H3,(H,24,25,28);(H,6,7). The van der Waals surface area contributed by atoms with Crippen molar-refractivity contribution < 1.29 is 32.3 Å². The number of amides is 1. The third kappa shape index (κ3) is 9.16. The topological polar surface area (TPSA) is 85.8 Å². The molecule has 0 atom stereocenters. The molecular formula is C24H30F4N4O3. The third-order valence-corrected chi connectivity index (χ3v) is 5.42. The summed E-state index contributed by atoms with van der Waals surface area (Å²) in [7, 11) is 2.06. The molecule has 11 heteroatoms. The number of anilines is 2. The Balaban J connectivity index is 0.000000540. The second-order valence-corrected chi connectivity index (χ2v) is 8.71. The number of benzene rings is 1. The van der Waals surface area contributed by atoms with E-state index in [0.29, 0.717) is 23.2 Å². The molecule has 1 amide bonds. The Hall–Kier alpha value is -3.21. The van der Waals surface area contributed by atoms with Crippen molar-refractivity contribution in [1.29, 1.82) is 0 Å². The zero-order valence-electron chi connectivity index (χ0n) is 19.8. The predicted octanol–water partition coefficient (Wildman–Crippen LogP) is 4.66. The number of piperidine rings is 1. The molecular weight excluding hydrogens is 468 g/mol. The Morgan fingerprint density at radius 1 is 1.20 bits per heavy atom. The summed E-state index contributed by atoms with van der Waals surface area (Å²) in [4.78, 5) is 30.5. The number of carbonyl (C=O) groups is 2. The van der Waals surface area contributed by atoms with E-state index in [2.05, 4.69) is 41.0 Å². The van der Waals surface area contributed by atoms with Gasteiger partial charge in [-0.05, 0) is 43.0 Å². The molecule has 2 N–H and O–H groups in total. The molecule has 7 nitrogen and oxygen atoms in total. The van der Waals surface area contributed by atoms with Crippen LogP contribution >= 0.6 is 0 Å². The van der Waals surface area contributed by atoms with E-state index in [0.717, 1.165) is 38.3 Å². The first kappa shape index (κ1) is 28.0. The van der Waals surface area contributed by atoms with Gasteiger partial charge in [-0.3, -0.25) is 4.79 Å². The lowest BCUT2D eigenvalue weighted by Gasteiger charge is -2.38. The largest absolute Gasteiger partial charge is 0.490 e. The SMILES string of the molecule is CC(C)CN1CCC(N(C)c2cc(NC(=O)c3cccc(F)c3)ccn2)CC1.O=C(O)C(F)(F)F. The number of carbonyl (C=O) groups excluding carboxylic acids is 1. The van der Waals surface area contributed by atoms with Gasteiger partial charge in [-0.25, -0.2) is 14.2 Å². The Morgan fingerprint density at radius 3 is 2.37 bits per heavy atom. The lowest BCUT2D eigenvalue weighted by molar-refractivity contribution is -0.192. The van der Waals surface area contributed by atoms with Crippen molar-refractivity contribution in [2.45, 2.75) is 38.9 Å². The van der Waals surface area contributed by atoms with Crippen LogP contribution in [0.25, 0.3) is 0 Å². The number of aromatic nitrogens is 1. The van der Waals surface area contributed by atoms with Crippen molar-refractivity contribution in [2.75, 3.05) is 36.9 Å². The molecule has 1 aromatic heterocycles. The fourth-order valence-electron chi connectivity index (χ4n) is 3.71. The number of pyridine rings is 1. The quantitative estimate of drug-likeness (QED) is 0.564. The maximum atomic E-state index is 13.3. The highest BCUT2D eigenvalue weighted by Gasteiger charge is 2.38. The van der Waals surface area contributed by atoms with E-state index in [4.69, 9.17) is 9.90 Å². The van der Waals surface area contributed by atoms with Gasteiger partial charge in [-0.1, -0.05) is 19.9 Å². The maximum Gasteiger partial charge on any atom is 0.490 e. The monoisotopic (exact) mass is 498 g/mol. The zero-order valence-corrected chi connectivity index (χ0v) is 19.8. The highest BCUT2D eigenvalue weighted by atomic mass is 19.4. The minimum Gasteiger partial charge on any atom is -0.475 e. The summed E-state index contributed by atoms with van der Waals surface area (Å²) in [6.07, 6.45) is -1.18. The summed E-state index contributed by atoms with van der Waals surface area (Å²) in [5, 5.41) is 9.96. The number of hydrogen-bond acceptors (Lipinski definition) is 5. The first-order valence-corrected chi connectivity index (χ1v) is 11.1. The molecule has 0 radical (unpaired) electrons. The number of aliphatic carboxylic acids is 1. The maximum absolute atomic E-state index is 13.3. The summed E-state index contributed by atoms with van der Waals surface area (Å²) in [5.41, 5.74) is 0.951. The second-order valence-electron chi connectivity index (χ2n) is 8.71. The molecule has 1 saturated heterocycles. The average molecular weight is 499 g/mol. The molecule has 1 fully saturated rings. The summed E-state index contributed by atoms with van der Waals surface area (Å²) >= 11 is 0. The highest BCUT2D eigenvalue weighted by molar-refractivity contribution is 6.04. The van der Waals surface area contributed by atoms with Crippen LogP contribution in [0.4, 0.5) is 29.1 Å². The molecule has 3 rings (SSSR count). The van der Waals surface area contributed by atoms with Crippen LogP contribution in [-0.2, 0) is 4.79 Å². The van der Waals surface area contributed by atoms with E-state index in [1.807, 2.05) is 6.07 Å². The minimum absolute atomic E-state index is 0.296. The Kier molecular flexibility index (Phi) is 10.00. The number of nitrogens with one attached hydrogen (secondary N) is 1. The lowest BCUT2D eigenvalue weighted by Crippen LogP contribution is -2.44. The number of alkyl halides is 3. The van der Waals surface area contributed by atoms with E-state index in [1.165, 1.54) is 18.2 Å². The van der Waals surface area contributed by atoms with Crippen LogP contribution in [0.5, 0.6) is 0 Å². The Labute approximate surface area is 201 Å². The van der Waals surface area contributed by atoms with Crippen molar-refractivity contribution in [3.05, 3.63) is 54.0 Å². The Bertz CT molecular complexity index is 993. The van der Waals surface area contributed by atoms with Crippen LogP contribution in [0.2, 0.25) is 0 Å². The van der Waals surface area contributed by atoms with Gasteiger partial charge in [0.1, 0.15) is 11.6 Å². The van der Waals surface area contributed by atoms with Gasteiger partial charge in [0, 0.05) is 56.2 Å². The van der Waals surface area contributed by atoms with E-state index in [9.17, 15) is 22.4 Å². The van der Waals surface area contributed by atoms with Crippen molar-refractivity contribution in [2.24, 2.45) is 5.92 Å². The van der Waals surface area contributed by atoms with E-state index in [-0.39, 0.29) is 5.91 Å². The zero-order chi connectivity index (χ0) is 26.2. The number of carboxylic acid groups (broad SMARTS) is 1. The summed E-state index contributed by atoms with van der Waals surface area (Å²) in [5.74, 6) is -1.99. The van der Waals surface area contributed by atoms with Gasteiger partial charge >= 0.3 is 12.1 Å². The molecule has 0 spiro atoms. The molecule has 35 heavy (non-hydrogen) atoms. The molecule has 0 bridgehead atoms. The fourth-order valence-corrected chi connectivity index (χ4v) is 3.71. The van der Waals surface area contributed by atoms with Crippen LogP contribution in [0, 0.1) is 11.7 Å². The number of rotatable bonds is 6. The number of carboxylic acids is 1. The first-order valence-electron chi connectivity index (χ1n) is 11.1. The van der Waals surface area contributed by atoms with Gasteiger partial charge in [-0.15, -0.1) is 0 Å². The predicted molar refractivity (Wildman–Crippen MR) is 125 cm³/mol. The van der Waals surface area contributed by atoms with Crippen LogP contribution in [0.1, 0.15) is 37.0 Å². The van der Waals surface area contributed by atoms with Crippen molar-refractivity contribution in [1.82, 2.24) is 9.88 Å². The Morgan fingerprint density at radius 2 is 1.83 bits per heavy atom. The first-order chi connectivity index (χ1) is 16.4. The third-order valence-electron chi connectivity index (χ3n) is 5.42. The molecule has 2 heterocycles. The normalized spacial score (nSPS) is 14.7. The molecule has 0 aliphatic carbocycles. The molecule has 2 aromatic rings. The van der Waals surface area contributed by atoms with Gasteiger partial charge < -0.3 is 20.2 Å². The fraction of sp³-hybridized carbons (Fsp3) is 0.458. The molecule has 1 aliphatic rings. The molecule has 1 aromatic carbocycles. The summed E-state index contributed by atoms with van der Waals surface area (Å²) in [6, 6.07) is 9.73. The number of likely N-dealkylation sites (tertiary alicyclic amines) is 1. The van der Waals surface area contributed by atoms with Crippen molar-refractivity contribution >= 4 is 23.4 Å². The highest BCUT2D eigenvalue weighted by Crippen LogP contribution is 2.23. The molecule has 0 unspecified atom stereocenters. The van der Waals surface area contributed by atoms with Gasteiger partial charge in [0.05, 0.1) is 0 Å². The average Bonchev–Trinajstić information content (AvgIpc) is 2.78. The van der Waals surface area contributed by atoms with Crippen molar-refractivity contribution in [3.63, 3.8) is 0 Å². The van der Waals surface area contributed by atoms with E-state index < -0.39 is 18.0 Å². The van der Waals surface area contributed by atoms with Gasteiger partial charge in [-0.2, -0.15) is 13.2 Å². The van der Waals surface area contributed by atoms with Gasteiger partial charge in [0.15, 0.2) is 0 Å². The van der Waals surface area contributed by atoms with Crippen LogP contribution in [0.3, 0.4) is 0 Å². The van der Waals surface area contributed by atoms with Gasteiger partial charge in [0.25, 0.3) is 5.91 Å². The minimum atomic E-state index is -5.08. The summed E-state index contributed by atoms with van der Waals surface area (Å²) in [6.45, 7) is 7.86. The van der Waals surface area contributed by atoms with Crippen molar-refractivity contribution in [3.8, 4) is 0 Å². The molecule has 192 valence electrons. The molecule has 1 aliphatic heterocycles. The van der Waals surface area contributed by atoms with Crippen LogP contribution in [-0.4, -0.2) is 65.8 Å². The van der Waals surface area contributed by atoms with E-state index in [1.54, 1.807) is 18.3 Å². The smallest absolute Gasteiger partial charge is 0.475 e. The second kappa shape index (κ2) is 12.5. The van der Waals surface area contributed by atoms with Crippen LogP contribution < -0.4 is 10.2 Å². The van der Waals surface area contributed by atoms with E-state index >= 15 is 0 Å². The van der Waals surface area contributed by atoms with Crippen LogP contribution in [0.15, 0.2) is 42.6 Å². The van der Waals surface area contributed by atoms with Gasteiger partial charge in [0.2, 0.25) is 0 Å². The summed E-state index contributed by atoms with van der Waals surface area (Å²) < 4.78 is 45.1. The number of halogens is 4. The number of nitrogens with zero attached hydrogens (tertiary/aromatic N) is 3. The number of hydrogen-bond donors (Lipinski definition) is 2. The molecule has 0 saturated carbocycles. The lowest BCUT2D eigenvalue weighted by atomic mass is 10.0.